The third kappa shape index (κ3) is 3.68. The van der Waals surface area contributed by atoms with E-state index in [1.807, 2.05) is 0 Å². The predicted octanol–water partition coefficient (Wildman–Crippen LogP) is 4.70. The van der Waals surface area contributed by atoms with Crippen LogP contribution in [0.3, 0.4) is 0 Å². The summed E-state index contributed by atoms with van der Waals surface area (Å²) < 4.78 is 14.8. The largest absolute Gasteiger partial charge is 0.271 e. The SMILES string of the molecule is NNC(Cc1ccc(F)c(Br)c1)c1cc(Cl)sc1Cl. The van der Waals surface area contributed by atoms with E-state index in [1.165, 1.54) is 17.4 Å². The number of nitrogens with one attached hydrogen (secondary N) is 1. The second kappa shape index (κ2) is 6.52. The summed E-state index contributed by atoms with van der Waals surface area (Å²) in [5.41, 5.74) is 4.50. The summed E-state index contributed by atoms with van der Waals surface area (Å²) in [6.45, 7) is 0. The van der Waals surface area contributed by atoms with E-state index in [2.05, 4.69) is 21.4 Å². The van der Waals surface area contributed by atoms with E-state index in [-0.39, 0.29) is 11.9 Å². The summed E-state index contributed by atoms with van der Waals surface area (Å²) in [6.07, 6.45) is 0.585. The molecule has 1 heterocycles. The van der Waals surface area contributed by atoms with Gasteiger partial charge < -0.3 is 0 Å². The molecule has 0 spiro atoms. The molecule has 0 aliphatic carbocycles. The maximum absolute atomic E-state index is 13.2. The molecule has 0 radical (unpaired) electrons. The Morgan fingerprint density at radius 3 is 2.63 bits per heavy atom. The smallest absolute Gasteiger partial charge is 0.137 e. The van der Waals surface area contributed by atoms with E-state index in [9.17, 15) is 4.39 Å². The minimum atomic E-state index is -0.294. The van der Waals surface area contributed by atoms with Crippen molar-refractivity contribution >= 4 is 50.5 Å². The van der Waals surface area contributed by atoms with Crippen molar-refractivity contribution in [3.05, 3.63) is 54.4 Å². The highest BCUT2D eigenvalue weighted by Crippen LogP contribution is 2.36. The number of halogens is 4. The first-order valence-corrected chi connectivity index (χ1v) is 7.72. The van der Waals surface area contributed by atoms with Crippen LogP contribution in [0.1, 0.15) is 17.2 Å². The normalized spacial score (nSPS) is 12.7. The average molecular weight is 384 g/mol. The van der Waals surface area contributed by atoms with Crippen molar-refractivity contribution in [1.29, 1.82) is 0 Å². The number of hydrazine groups is 1. The summed E-state index contributed by atoms with van der Waals surface area (Å²) in [7, 11) is 0. The molecule has 1 atom stereocenters. The highest BCUT2D eigenvalue weighted by Gasteiger charge is 2.17. The Bertz CT molecular complexity index is 591. The molecule has 19 heavy (non-hydrogen) atoms. The standard InChI is InChI=1S/C12H10BrCl2FN2S/c13-8-3-6(1-2-9(8)16)4-10(18-17)7-5-11(14)19-12(7)15/h1-3,5,10,18H,4,17H2. The van der Waals surface area contributed by atoms with Crippen LogP contribution in [0.4, 0.5) is 4.39 Å². The van der Waals surface area contributed by atoms with Gasteiger partial charge in [-0.1, -0.05) is 29.3 Å². The van der Waals surface area contributed by atoms with Crippen molar-refractivity contribution in [2.45, 2.75) is 12.5 Å². The van der Waals surface area contributed by atoms with E-state index in [0.29, 0.717) is 19.6 Å². The first-order valence-electron chi connectivity index (χ1n) is 5.36. The topological polar surface area (TPSA) is 38.0 Å². The molecule has 7 heteroatoms. The lowest BCUT2D eigenvalue weighted by Gasteiger charge is -2.15. The highest BCUT2D eigenvalue weighted by atomic mass is 79.9. The molecule has 102 valence electrons. The minimum absolute atomic E-state index is 0.173. The maximum Gasteiger partial charge on any atom is 0.137 e. The van der Waals surface area contributed by atoms with Crippen LogP contribution >= 0.6 is 50.5 Å². The molecule has 0 fully saturated rings. The van der Waals surface area contributed by atoms with Gasteiger partial charge in [-0.05, 0) is 46.1 Å². The number of hydrogen-bond acceptors (Lipinski definition) is 3. The monoisotopic (exact) mass is 382 g/mol. The minimum Gasteiger partial charge on any atom is -0.271 e. The van der Waals surface area contributed by atoms with Gasteiger partial charge >= 0.3 is 0 Å². The number of nitrogens with two attached hydrogens (primary N) is 1. The summed E-state index contributed by atoms with van der Waals surface area (Å²) in [5.74, 6) is 5.27. The van der Waals surface area contributed by atoms with Crippen molar-refractivity contribution in [2.24, 2.45) is 5.84 Å². The Kier molecular flexibility index (Phi) is 5.22. The van der Waals surface area contributed by atoms with Gasteiger partial charge in [0.25, 0.3) is 0 Å². The molecule has 0 aliphatic heterocycles. The Balaban J connectivity index is 2.23. The maximum atomic E-state index is 13.2. The van der Waals surface area contributed by atoms with Crippen molar-refractivity contribution < 1.29 is 4.39 Å². The van der Waals surface area contributed by atoms with Crippen molar-refractivity contribution in [3.8, 4) is 0 Å². The summed E-state index contributed by atoms with van der Waals surface area (Å²) in [6, 6.07) is 6.47. The second-order valence-electron chi connectivity index (χ2n) is 3.95. The van der Waals surface area contributed by atoms with E-state index in [4.69, 9.17) is 29.0 Å². The molecule has 1 aromatic heterocycles. The third-order valence-electron chi connectivity index (χ3n) is 2.68. The van der Waals surface area contributed by atoms with Crippen LogP contribution in [-0.2, 0) is 6.42 Å². The summed E-state index contributed by atoms with van der Waals surface area (Å²) >= 11 is 16.5. The van der Waals surface area contributed by atoms with E-state index >= 15 is 0 Å². The Morgan fingerprint density at radius 2 is 2.11 bits per heavy atom. The Morgan fingerprint density at radius 1 is 1.37 bits per heavy atom. The van der Waals surface area contributed by atoms with Gasteiger partial charge in [-0.2, -0.15) is 0 Å². The lowest BCUT2D eigenvalue weighted by Crippen LogP contribution is -2.29. The molecular weight excluding hydrogens is 374 g/mol. The number of rotatable bonds is 4. The van der Waals surface area contributed by atoms with Crippen LogP contribution in [0.25, 0.3) is 0 Å². The molecule has 0 aliphatic rings. The van der Waals surface area contributed by atoms with Crippen molar-refractivity contribution in [2.75, 3.05) is 0 Å². The molecule has 2 aromatic rings. The fourth-order valence-corrected chi connectivity index (χ4v) is 3.76. The molecule has 1 aromatic carbocycles. The highest BCUT2D eigenvalue weighted by molar-refractivity contribution is 9.10. The van der Waals surface area contributed by atoms with Gasteiger partial charge in [-0.15, -0.1) is 11.3 Å². The van der Waals surface area contributed by atoms with E-state index in [0.717, 1.165) is 11.1 Å². The molecule has 0 saturated heterocycles. The molecule has 1 unspecified atom stereocenters. The Labute approximate surface area is 132 Å². The number of thiophene rings is 1. The molecular formula is C12H10BrCl2FN2S. The van der Waals surface area contributed by atoms with Crippen molar-refractivity contribution in [1.82, 2.24) is 5.43 Å². The van der Waals surface area contributed by atoms with Crippen LogP contribution < -0.4 is 11.3 Å². The Hall–Kier alpha value is -0.170. The summed E-state index contributed by atoms with van der Waals surface area (Å²) in [5, 5.41) is 0. The fourth-order valence-electron chi connectivity index (χ4n) is 1.75. The molecule has 2 nitrogen and oxygen atoms in total. The summed E-state index contributed by atoms with van der Waals surface area (Å²) in [4.78, 5) is 0. The lowest BCUT2D eigenvalue weighted by molar-refractivity contribution is 0.552. The van der Waals surface area contributed by atoms with Gasteiger partial charge in [0.05, 0.1) is 19.2 Å². The first kappa shape index (κ1) is 15.2. The van der Waals surface area contributed by atoms with Crippen LogP contribution in [-0.4, -0.2) is 0 Å². The molecule has 0 saturated carbocycles. The van der Waals surface area contributed by atoms with Gasteiger partial charge in [0, 0.05) is 5.56 Å². The average Bonchev–Trinajstić information content (AvgIpc) is 2.70. The second-order valence-corrected chi connectivity index (χ2v) is 7.09. The van der Waals surface area contributed by atoms with E-state index in [1.54, 1.807) is 18.2 Å². The molecule has 0 bridgehead atoms. The van der Waals surface area contributed by atoms with Gasteiger partial charge in [0.1, 0.15) is 5.82 Å². The molecule has 2 rings (SSSR count). The zero-order chi connectivity index (χ0) is 14.0. The number of benzene rings is 1. The first-order chi connectivity index (χ1) is 9.01. The zero-order valence-corrected chi connectivity index (χ0v) is 13.5. The van der Waals surface area contributed by atoms with Gasteiger partial charge in [-0.3, -0.25) is 11.3 Å². The van der Waals surface area contributed by atoms with Crippen LogP contribution in [0.15, 0.2) is 28.7 Å². The van der Waals surface area contributed by atoms with Gasteiger partial charge in [-0.25, -0.2) is 4.39 Å². The lowest BCUT2D eigenvalue weighted by atomic mass is 10.0. The van der Waals surface area contributed by atoms with Crippen molar-refractivity contribution in [3.63, 3.8) is 0 Å². The van der Waals surface area contributed by atoms with Crippen LogP contribution in [0.5, 0.6) is 0 Å². The quantitative estimate of drug-likeness (QED) is 0.592. The van der Waals surface area contributed by atoms with E-state index < -0.39 is 0 Å². The van der Waals surface area contributed by atoms with Crippen LogP contribution in [0.2, 0.25) is 8.67 Å². The van der Waals surface area contributed by atoms with Gasteiger partial charge in [0.15, 0.2) is 0 Å². The molecule has 3 N–H and O–H groups in total. The van der Waals surface area contributed by atoms with Gasteiger partial charge in [0.2, 0.25) is 0 Å². The number of hydrogen-bond donors (Lipinski definition) is 2. The fraction of sp³-hybridized carbons (Fsp3) is 0.167. The van der Waals surface area contributed by atoms with Crippen LogP contribution in [0, 0.1) is 5.82 Å². The zero-order valence-electron chi connectivity index (χ0n) is 9.59. The molecule has 0 amide bonds. The predicted molar refractivity (Wildman–Crippen MR) is 82.2 cm³/mol. The third-order valence-corrected chi connectivity index (χ3v) is 4.81.